The van der Waals surface area contributed by atoms with Gasteiger partial charge in [0.15, 0.2) is 0 Å². The van der Waals surface area contributed by atoms with Gasteiger partial charge in [0.05, 0.1) is 5.92 Å². The molecule has 3 rings (SSSR count). The first-order chi connectivity index (χ1) is 14.5. The van der Waals surface area contributed by atoms with Crippen LogP contribution in [0, 0.1) is 12.8 Å². The van der Waals surface area contributed by atoms with Crippen molar-refractivity contribution in [1.82, 2.24) is 5.32 Å². The van der Waals surface area contributed by atoms with Gasteiger partial charge in [-0.1, -0.05) is 92.7 Å². The van der Waals surface area contributed by atoms with E-state index in [0.29, 0.717) is 0 Å². The van der Waals surface area contributed by atoms with Crippen molar-refractivity contribution in [2.24, 2.45) is 5.92 Å². The summed E-state index contributed by atoms with van der Waals surface area (Å²) in [6, 6.07) is 26.3. The standard InChI is InChI=1S/C26H28N2O2/c1-18(2)24(26(30)27-22-17-11-10-12-19(22)3)28-25(29)23(20-13-6-4-7-14-20)21-15-8-5-9-16-21/h4-18,23-24H,1-3H3,(H,27,30)(H,28,29)/t24-/m0/s1. The summed E-state index contributed by atoms with van der Waals surface area (Å²) in [5, 5.41) is 5.96. The van der Waals surface area contributed by atoms with E-state index in [-0.39, 0.29) is 17.7 Å². The number of amides is 2. The predicted molar refractivity (Wildman–Crippen MR) is 121 cm³/mol. The van der Waals surface area contributed by atoms with Crippen molar-refractivity contribution in [1.29, 1.82) is 0 Å². The van der Waals surface area contributed by atoms with Crippen LogP contribution in [0.15, 0.2) is 84.9 Å². The zero-order chi connectivity index (χ0) is 21.5. The van der Waals surface area contributed by atoms with E-state index in [4.69, 9.17) is 0 Å². The molecule has 30 heavy (non-hydrogen) atoms. The Morgan fingerprint density at radius 1 is 0.700 bits per heavy atom. The van der Waals surface area contributed by atoms with Crippen molar-refractivity contribution >= 4 is 17.5 Å². The first-order valence-electron chi connectivity index (χ1n) is 10.2. The van der Waals surface area contributed by atoms with Crippen LogP contribution >= 0.6 is 0 Å². The Morgan fingerprint density at radius 2 is 1.20 bits per heavy atom. The molecule has 0 bridgehead atoms. The molecule has 3 aromatic rings. The zero-order valence-corrected chi connectivity index (χ0v) is 17.6. The molecule has 2 amide bonds. The second kappa shape index (κ2) is 9.88. The molecule has 0 heterocycles. The van der Waals surface area contributed by atoms with Crippen LogP contribution in [0.4, 0.5) is 5.69 Å². The molecule has 0 aliphatic carbocycles. The molecule has 154 valence electrons. The summed E-state index contributed by atoms with van der Waals surface area (Å²) in [7, 11) is 0. The van der Waals surface area contributed by atoms with Gasteiger partial charge in [0.1, 0.15) is 6.04 Å². The van der Waals surface area contributed by atoms with Gasteiger partial charge < -0.3 is 10.6 Å². The predicted octanol–water partition coefficient (Wildman–Crippen LogP) is 4.91. The van der Waals surface area contributed by atoms with E-state index in [0.717, 1.165) is 22.4 Å². The molecule has 0 aromatic heterocycles. The Balaban J connectivity index is 1.85. The minimum absolute atomic E-state index is 0.0647. The number of hydrogen-bond donors (Lipinski definition) is 2. The first-order valence-corrected chi connectivity index (χ1v) is 10.2. The number of hydrogen-bond acceptors (Lipinski definition) is 2. The van der Waals surface area contributed by atoms with Crippen LogP contribution in [0.1, 0.15) is 36.5 Å². The number of benzene rings is 3. The maximum Gasteiger partial charge on any atom is 0.247 e. The first kappa shape index (κ1) is 21.3. The van der Waals surface area contributed by atoms with Crippen molar-refractivity contribution in [3.05, 3.63) is 102 Å². The molecule has 0 spiro atoms. The van der Waals surface area contributed by atoms with Crippen LogP contribution in [-0.4, -0.2) is 17.9 Å². The second-order valence-corrected chi connectivity index (χ2v) is 7.79. The summed E-state index contributed by atoms with van der Waals surface area (Å²) in [5.74, 6) is -0.955. The monoisotopic (exact) mass is 400 g/mol. The van der Waals surface area contributed by atoms with E-state index in [2.05, 4.69) is 10.6 Å². The van der Waals surface area contributed by atoms with E-state index >= 15 is 0 Å². The Labute approximate surface area is 178 Å². The number of nitrogens with one attached hydrogen (secondary N) is 2. The largest absolute Gasteiger partial charge is 0.343 e. The molecule has 2 N–H and O–H groups in total. The topological polar surface area (TPSA) is 58.2 Å². The van der Waals surface area contributed by atoms with E-state index in [1.54, 1.807) is 0 Å². The van der Waals surface area contributed by atoms with Gasteiger partial charge in [-0.25, -0.2) is 0 Å². The summed E-state index contributed by atoms with van der Waals surface area (Å²) in [5.41, 5.74) is 3.52. The molecule has 0 unspecified atom stereocenters. The van der Waals surface area contributed by atoms with Gasteiger partial charge in [-0.2, -0.15) is 0 Å². The Kier molecular flexibility index (Phi) is 7.02. The molecule has 0 radical (unpaired) electrons. The van der Waals surface area contributed by atoms with Gasteiger partial charge in [0, 0.05) is 5.69 Å². The fourth-order valence-corrected chi connectivity index (χ4v) is 3.48. The lowest BCUT2D eigenvalue weighted by Crippen LogP contribution is -2.48. The fourth-order valence-electron chi connectivity index (χ4n) is 3.48. The van der Waals surface area contributed by atoms with Gasteiger partial charge >= 0.3 is 0 Å². The highest BCUT2D eigenvalue weighted by Gasteiger charge is 2.29. The fraction of sp³-hybridized carbons (Fsp3) is 0.231. The van der Waals surface area contributed by atoms with E-state index in [1.807, 2.05) is 106 Å². The molecule has 0 fully saturated rings. The summed E-state index contributed by atoms with van der Waals surface area (Å²) in [6.45, 7) is 5.81. The average molecular weight is 401 g/mol. The highest BCUT2D eigenvalue weighted by molar-refractivity contribution is 5.99. The molecule has 0 saturated carbocycles. The summed E-state index contributed by atoms with van der Waals surface area (Å²) < 4.78 is 0. The lowest BCUT2D eigenvalue weighted by molar-refractivity contribution is -0.127. The molecule has 0 aliphatic rings. The average Bonchev–Trinajstić information content (AvgIpc) is 2.75. The quantitative estimate of drug-likeness (QED) is 0.592. The van der Waals surface area contributed by atoms with Gasteiger partial charge in [-0.15, -0.1) is 0 Å². The molecule has 1 atom stereocenters. The molecule has 4 nitrogen and oxygen atoms in total. The lowest BCUT2D eigenvalue weighted by atomic mass is 9.89. The van der Waals surface area contributed by atoms with Gasteiger partial charge in [0.25, 0.3) is 0 Å². The maximum absolute atomic E-state index is 13.4. The van der Waals surface area contributed by atoms with Crippen molar-refractivity contribution in [3.8, 4) is 0 Å². The van der Waals surface area contributed by atoms with Crippen LogP contribution in [0.5, 0.6) is 0 Å². The van der Waals surface area contributed by atoms with Crippen LogP contribution in [0.3, 0.4) is 0 Å². The summed E-state index contributed by atoms with van der Waals surface area (Å²) >= 11 is 0. The van der Waals surface area contributed by atoms with Crippen molar-refractivity contribution < 1.29 is 9.59 Å². The van der Waals surface area contributed by atoms with Gasteiger partial charge in [0.2, 0.25) is 11.8 Å². The lowest BCUT2D eigenvalue weighted by Gasteiger charge is -2.25. The molecule has 0 aliphatic heterocycles. The number of carbonyl (C=O) groups excluding carboxylic acids is 2. The van der Waals surface area contributed by atoms with E-state index in [1.165, 1.54) is 0 Å². The third-order valence-electron chi connectivity index (χ3n) is 5.18. The zero-order valence-electron chi connectivity index (χ0n) is 17.6. The number of carbonyl (C=O) groups is 2. The highest BCUT2D eigenvalue weighted by atomic mass is 16.2. The maximum atomic E-state index is 13.4. The number of rotatable bonds is 7. The molecular weight excluding hydrogens is 372 g/mol. The van der Waals surface area contributed by atoms with Crippen molar-refractivity contribution in [3.63, 3.8) is 0 Å². The summed E-state index contributed by atoms with van der Waals surface area (Å²) in [4.78, 5) is 26.4. The van der Waals surface area contributed by atoms with Crippen molar-refractivity contribution in [2.45, 2.75) is 32.7 Å². The molecular formula is C26H28N2O2. The normalized spacial score (nSPS) is 11.9. The SMILES string of the molecule is Cc1ccccc1NC(=O)[C@@H](NC(=O)C(c1ccccc1)c1ccccc1)C(C)C. The Bertz CT molecular complexity index is 945. The minimum atomic E-state index is -0.646. The van der Waals surface area contributed by atoms with Crippen LogP contribution < -0.4 is 10.6 Å². The van der Waals surface area contributed by atoms with E-state index in [9.17, 15) is 9.59 Å². The van der Waals surface area contributed by atoms with Crippen LogP contribution in [0.25, 0.3) is 0 Å². The molecule has 4 heteroatoms. The second-order valence-electron chi connectivity index (χ2n) is 7.79. The van der Waals surface area contributed by atoms with Crippen LogP contribution in [-0.2, 0) is 9.59 Å². The number of aryl methyl sites for hydroxylation is 1. The smallest absolute Gasteiger partial charge is 0.247 e. The molecule has 3 aromatic carbocycles. The van der Waals surface area contributed by atoms with Gasteiger partial charge in [-0.05, 0) is 35.6 Å². The van der Waals surface area contributed by atoms with Gasteiger partial charge in [-0.3, -0.25) is 9.59 Å². The number of para-hydroxylation sites is 1. The highest BCUT2D eigenvalue weighted by Crippen LogP contribution is 2.25. The van der Waals surface area contributed by atoms with Crippen LogP contribution in [0.2, 0.25) is 0 Å². The Hall–Kier alpha value is -3.40. The Morgan fingerprint density at radius 3 is 1.70 bits per heavy atom. The van der Waals surface area contributed by atoms with E-state index < -0.39 is 12.0 Å². The third-order valence-corrected chi connectivity index (χ3v) is 5.18. The van der Waals surface area contributed by atoms with Crippen molar-refractivity contribution in [2.75, 3.05) is 5.32 Å². The third kappa shape index (κ3) is 5.15. The minimum Gasteiger partial charge on any atom is -0.343 e. The number of anilines is 1. The summed E-state index contributed by atoms with van der Waals surface area (Å²) in [6.07, 6.45) is 0. The molecule has 0 saturated heterocycles.